The molecule has 11 nitrogen and oxygen atoms in total. The minimum Gasteiger partial charge on any atom is -0.479 e. The quantitative estimate of drug-likeness (QED) is 0.210. The van der Waals surface area contributed by atoms with Gasteiger partial charge in [-0.1, -0.05) is 44.2 Å². The summed E-state index contributed by atoms with van der Waals surface area (Å²) in [5, 5.41) is 22.2. The van der Waals surface area contributed by atoms with Crippen molar-refractivity contribution in [3.63, 3.8) is 0 Å². The number of carboxylic acids is 1. The van der Waals surface area contributed by atoms with Gasteiger partial charge in [-0.25, -0.2) is 9.59 Å². The number of hydrogen-bond acceptors (Lipinski definition) is 9. The first-order chi connectivity index (χ1) is 15.3. The third-order valence-electron chi connectivity index (χ3n) is 4.76. The maximum absolute atomic E-state index is 12.7. The van der Waals surface area contributed by atoms with Crippen molar-refractivity contribution in [2.24, 2.45) is 5.41 Å². The molecule has 3 atom stereocenters. The van der Waals surface area contributed by atoms with Crippen LogP contribution in [0.25, 0.3) is 0 Å². The minimum atomic E-state index is -4.31. The zero-order valence-corrected chi connectivity index (χ0v) is 19.8. The molecule has 2 unspecified atom stereocenters. The first kappa shape index (κ1) is 28.3. The maximum atomic E-state index is 12.7. The predicted octanol–water partition coefficient (Wildman–Crippen LogP) is 1.61. The van der Waals surface area contributed by atoms with Crippen molar-refractivity contribution >= 4 is 28.1 Å². The molecule has 0 spiro atoms. The number of amides is 1. The topological polar surface area (TPSA) is 166 Å². The van der Waals surface area contributed by atoms with Gasteiger partial charge in [-0.05, 0) is 18.9 Å². The van der Waals surface area contributed by atoms with Crippen molar-refractivity contribution in [3.05, 3.63) is 35.9 Å². The SMILES string of the molecule is CCOC(=O)OC(c1ccccc1)C(OS(=O)(=O)CCCNC(C)=O)C(C)(C)[C@@H](O)C(=O)O. The molecule has 0 aliphatic rings. The molecule has 0 saturated heterocycles. The van der Waals surface area contributed by atoms with Crippen LogP contribution < -0.4 is 5.32 Å². The maximum Gasteiger partial charge on any atom is 0.508 e. The van der Waals surface area contributed by atoms with Crippen molar-refractivity contribution in [1.29, 1.82) is 0 Å². The molecule has 1 rings (SSSR count). The van der Waals surface area contributed by atoms with Gasteiger partial charge in [-0.15, -0.1) is 0 Å². The Bertz CT molecular complexity index is 901. The van der Waals surface area contributed by atoms with Gasteiger partial charge in [0.25, 0.3) is 10.1 Å². The monoisotopic (exact) mass is 489 g/mol. The Kier molecular flexibility index (Phi) is 10.7. The number of aliphatic hydroxyl groups excluding tert-OH is 1. The standard InChI is InChI=1S/C21H31NO10S/c1-5-30-20(27)31-16(15-10-7-6-8-11-15)18(21(3,4)17(24)19(25)26)32-33(28,29)13-9-12-22-14(2)23/h6-8,10-11,16-18,24H,5,9,12-13H2,1-4H3,(H,22,23)(H,25,26)/t16?,17-,18?/m0/s1. The predicted molar refractivity (Wildman–Crippen MR) is 117 cm³/mol. The second kappa shape index (κ2) is 12.5. The fourth-order valence-corrected chi connectivity index (χ4v) is 4.22. The Balaban J connectivity index is 3.39. The van der Waals surface area contributed by atoms with Crippen LogP contribution in [0.15, 0.2) is 30.3 Å². The number of ether oxygens (including phenoxy) is 2. The van der Waals surface area contributed by atoms with E-state index in [0.29, 0.717) is 5.56 Å². The highest BCUT2D eigenvalue weighted by Crippen LogP contribution is 2.39. The second-order valence-corrected chi connectivity index (χ2v) is 9.53. The van der Waals surface area contributed by atoms with Crippen molar-refractivity contribution in [3.8, 4) is 0 Å². The second-order valence-electron chi connectivity index (χ2n) is 7.81. The molecule has 0 fully saturated rings. The van der Waals surface area contributed by atoms with E-state index in [1.54, 1.807) is 25.1 Å². The fraction of sp³-hybridized carbons (Fsp3) is 0.571. The average Bonchev–Trinajstić information content (AvgIpc) is 2.73. The van der Waals surface area contributed by atoms with Gasteiger partial charge in [0, 0.05) is 18.9 Å². The van der Waals surface area contributed by atoms with Crippen molar-refractivity contribution in [2.75, 3.05) is 18.9 Å². The first-order valence-corrected chi connectivity index (χ1v) is 11.8. The minimum absolute atomic E-state index is 0.0191. The van der Waals surface area contributed by atoms with E-state index >= 15 is 0 Å². The molecule has 0 aromatic heterocycles. The lowest BCUT2D eigenvalue weighted by atomic mass is 9.77. The molecule has 0 bridgehead atoms. The van der Waals surface area contributed by atoms with Crippen LogP contribution in [-0.4, -0.2) is 67.8 Å². The van der Waals surface area contributed by atoms with E-state index in [4.69, 9.17) is 13.7 Å². The van der Waals surface area contributed by atoms with Gasteiger partial charge in [0.15, 0.2) is 12.2 Å². The Labute approximate surface area is 193 Å². The van der Waals surface area contributed by atoms with Crippen LogP contribution in [0, 0.1) is 5.41 Å². The van der Waals surface area contributed by atoms with Crippen LogP contribution in [0.1, 0.15) is 45.8 Å². The third-order valence-corrected chi connectivity index (χ3v) is 6.04. The molecular formula is C21H31NO10S. The molecule has 33 heavy (non-hydrogen) atoms. The van der Waals surface area contributed by atoms with Crippen LogP contribution >= 0.6 is 0 Å². The lowest BCUT2D eigenvalue weighted by molar-refractivity contribution is -0.162. The summed E-state index contributed by atoms with van der Waals surface area (Å²) in [7, 11) is -4.31. The number of aliphatic carboxylic acids is 1. The molecule has 1 amide bonds. The molecular weight excluding hydrogens is 458 g/mol. The summed E-state index contributed by atoms with van der Waals surface area (Å²) in [5.74, 6) is -2.45. The van der Waals surface area contributed by atoms with Gasteiger partial charge in [-0.3, -0.25) is 8.98 Å². The number of rotatable bonds is 13. The zero-order chi connectivity index (χ0) is 25.2. The summed E-state index contributed by atoms with van der Waals surface area (Å²) in [4.78, 5) is 34.7. The summed E-state index contributed by atoms with van der Waals surface area (Å²) < 4.78 is 41.0. The van der Waals surface area contributed by atoms with E-state index in [2.05, 4.69) is 5.32 Å². The Morgan fingerprint density at radius 3 is 2.27 bits per heavy atom. The lowest BCUT2D eigenvalue weighted by Gasteiger charge is -2.39. The summed E-state index contributed by atoms with van der Waals surface area (Å²) >= 11 is 0. The number of carbonyl (C=O) groups is 3. The summed E-state index contributed by atoms with van der Waals surface area (Å²) in [5.41, 5.74) is -1.45. The average molecular weight is 490 g/mol. The number of carboxylic acid groups (broad SMARTS) is 1. The smallest absolute Gasteiger partial charge is 0.479 e. The number of hydrogen-bond donors (Lipinski definition) is 3. The van der Waals surface area contributed by atoms with Gasteiger partial charge in [-0.2, -0.15) is 8.42 Å². The van der Waals surface area contributed by atoms with Gasteiger partial charge in [0.1, 0.15) is 6.10 Å². The molecule has 0 aliphatic carbocycles. The lowest BCUT2D eigenvalue weighted by Crippen LogP contribution is -2.50. The van der Waals surface area contributed by atoms with E-state index in [1.807, 2.05) is 0 Å². The third kappa shape index (κ3) is 8.98. The zero-order valence-electron chi connectivity index (χ0n) is 19.0. The van der Waals surface area contributed by atoms with E-state index in [1.165, 1.54) is 32.9 Å². The van der Waals surface area contributed by atoms with Crippen molar-refractivity contribution < 1.29 is 46.7 Å². The molecule has 0 radical (unpaired) electrons. The Morgan fingerprint density at radius 1 is 1.15 bits per heavy atom. The van der Waals surface area contributed by atoms with Crippen LogP contribution in [-0.2, 0) is 33.4 Å². The van der Waals surface area contributed by atoms with Crippen LogP contribution in [0.3, 0.4) is 0 Å². The molecule has 0 saturated carbocycles. The van der Waals surface area contributed by atoms with Crippen molar-refractivity contribution in [1.82, 2.24) is 5.32 Å². The summed E-state index contributed by atoms with van der Waals surface area (Å²) in [6.45, 7) is 5.46. The first-order valence-electron chi connectivity index (χ1n) is 10.3. The van der Waals surface area contributed by atoms with Crippen molar-refractivity contribution in [2.45, 2.75) is 52.4 Å². The molecule has 1 aromatic rings. The fourth-order valence-electron chi connectivity index (χ4n) is 2.96. The van der Waals surface area contributed by atoms with Crippen LogP contribution in [0.5, 0.6) is 0 Å². The Hall–Kier alpha value is -2.70. The molecule has 12 heteroatoms. The van der Waals surface area contributed by atoms with Gasteiger partial charge < -0.3 is 25.0 Å². The number of carbonyl (C=O) groups excluding carboxylic acids is 2. The van der Waals surface area contributed by atoms with Gasteiger partial charge >= 0.3 is 12.1 Å². The molecule has 3 N–H and O–H groups in total. The van der Waals surface area contributed by atoms with Crippen LogP contribution in [0.4, 0.5) is 4.79 Å². The molecule has 0 heterocycles. The highest BCUT2D eigenvalue weighted by molar-refractivity contribution is 7.86. The number of nitrogens with one attached hydrogen (secondary N) is 1. The highest BCUT2D eigenvalue weighted by Gasteiger charge is 2.49. The van der Waals surface area contributed by atoms with Gasteiger partial charge in [0.2, 0.25) is 5.91 Å². The van der Waals surface area contributed by atoms with E-state index < -0.39 is 51.7 Å². The summed E-state index contributed by atoms with van der Waals surface area (Å²) in [6, 6.07) is 7.96. The van der Waals surface area contributed by atoms with E-state index in [-0.39, 0.29) is 25.5 Å². The molecule has 1 aromatic carbocycles. The number of benzene rings is 1. The van der Waals surface area contributed by atoms with Crippen LogP contribution in [0.2, 0.25) is 0 Å². The van der Waals surface area contributed by atoms with E-state index in [0.717, 1.165) is 0 Å². The van der Waals surface area contributed by atoms with E-state index in [9.17, 15) is 33.0 Å². The number of aliphatic hydroxyl groups is 1. The summed E-state index contributed by atoms with van der Waals surface area (Å²) in [6.07, 6.45) is -6.23. The molecule has 0 aliphatic heterocycles. The highest BCUT2D eigenvalue weighted by atomic mass is 32.2. The van der Waals surface area contributed by atoms with Gasteiger partial charge in [0.05, 0.1) is 12.4 Å². The largest absolute Gasteiger partial charge is 0.508 e. The normalized spacial score (nSPS) is 14.6. The Morgan fingerprint density at radius 2 is 1.76 bits per heavy atom. The molecule has 186 valence electrons.